The molecule has 7 heteroatoms. The molecule has 150 valence electrons. The number of benzene rings is 3. The van der Waals surface area contributed by atoms with Crippen LogP contribution in [0.15, 0.2) is 86.4 Å². The van der Waals surface area contributed by atoms with Gasteiger partial charge >= 0.3 is 0 Å². The normalized spacial score (nSPS) is 16.3. The maximum Gasteiger partial charge on any atom is 0.264 e. The standard InChI is InChI=1S/C23H16Cl2N2OS2/c1-14-5-9-16(10-6-14)29-17-11-7-15(8-12-17)13-20-22(28)27-23(30-20)26-19-4-2-3-18(24)21(19)25/h2-13H,1H3,(H,26,27,28)/b20-13-. The smallest absolute Gasteiger partial charge is 0.264 e. The molecule has 1 aliphatic rings. The van der Waals surface area contributed by atoms with E-state index in [4.69, 9.17) is 23.2 Å². The maximum atomic E-state index is 12.3. The number of nitrogens with zero attached hydrogens (tertiary/aromatic N) is 1. The molecule has 1 N–H and O–H groups in total. The topological polar surface area (TPSA) is 41.5 Å². The number of hydrogen-bond acceptors (Lipinski definition) is 4. The molecule has 1 fully saturated rings. The molecular weight excluding hydrogens is 455 g/mol. The van der Waals surface area contributed by atoms with Crippen LogP contribution in [-0.2, 0) is 4.79 Å². The van der Waals surface area contributed by atoms with E-state index in [2.05, 4.69) is 53.6 Å². The predicted molar refractivity (Wildman–Crippen MR) is 129 cm³/mol. The third-order valence-electron chi connectivity index (χ3n) is 4.24. The number of aliphatic imine (C=N–C) groups is 1. The number of halogens is 2. The van der Waals surface area contributed by atoms with E-state index in [1.165, 1.54) is 22.2 Å². The summed E-state index contributed by atoms with van der Waals surface area (Å²) in [4.78, 5) is 19.6. The number of aryl methyl sites for hydroxylation is 1. The number of thioether (sulfide) groups is 1. The van der Waals surface area contributed by atoms with Crippen LogP contribution in [0.1, 0.15) is 11.1 Å². The Morgan fingerprint density at radius 3 is 2.33 bits per heavy atom. The monoisotopic (exact) mass is 470 g/mol. The van der Waals surface area contributed by atoms with Gasteiger partial charge in [0.15, 0.2) is 5.17 Å². The number of hydrogen-bond donors (Lipinski definition) is 1. The number of nitrogens with one attached hydrogen (secondary N) is 1. The highest BCUT2D eigenvalue weighted by atomic mass is 35.5. The van der Waals surface area contributed by atoms with Crippen LogP contribution >= 0.6 is 46.7 Å². The SMILES string of the molecule is Cc1ccc(Sc2ccc(/C=C3\SC(=Nc4cccc(Cl)c4Cl)NC3=O)cc2)cc1. The molecule has 0 saturated carbocycles. The first-order valence-corrected chi connectivity index (χ1v) is 11.4. The minimum absolute atomic E-state index is 0.185. The van der Waals surface area contributed by atoms with Gasteiger partial charge in [0.1, 0.15) is 0 Å². The summed E-state index contributed by atoms with van der Waals surface area (Å²) < 4.78 is 0. The molecule has 1 aliphatic heterocycles. The number of amidine groups is 1. The molecule has 0 bridgehead atoms. The molecule has 4 rings (SSSR count). The van der Waals surface area contributed by atoms with Crippen LogP contribution in [0.5, 0.6) is 0 Å². The van der Waals surface area contributed by atoms with Crippen molar-refractivity contribution in [2.45, 2.75) is 16.7 Å². The lowest BCUT2D eigenvalue weighted by Crippen LogP contribution is -2.19. The Morgan fingerprint density at radius 1 is 0.967 bits per heavy atom. The summed E-state index contributed by atoms with van der Waals surface area (Å²) in [5.74, 6) is -0.185. The van der Waals surface area contributed by atoms with Crippen molar-refractivity contribution in [3.05, 3.63) is 92.8 Å². The molecule has 1 saturated heterocycles. The van der Waals surface area contributed by atoms with Crippen LogP contribution in [0.2, 0.25) is 10.0 Å². The zero-order chi connectivity index (χ0) is 21.1. The molecule has 3 nitrogen and oxygen atoms in total. The summed E-state index contributed by atoms with van der Waals surface area (Å²) in [6.07, 6.45) is 1.85. The van der Waals surface area contributed by atoms with Gasteiger partial charge in [0.25, 0.3) is 5.91 Å². The molecule has 3 aromatic rings. The van der Waals surface area contributed by atoms with Gasteiger partial charge in [0.2, 0.25) is 0 Å². The van der Waals surface area contributed by atoms with Gasteiger partial charge < -0.3 is 5.32 Å². The summed E-state index contributed by atoms with van der Waals surface area (Å²) in [5, 5.41) is 4.03. The predicted octanol–water partition coefficient (Wildman–Crippen LogP) is 7.34. The van der Waals surface area contributed by atoms with Crippen LogP contribution < -0.4 is 5.32 Å². The lowest BCUT2D eigenvalue weighted by atomic mass is 10.2. The van der Waals surface area contributed by atoms with Crippen LogP contribution in [0, 0.1) is 6.92 Å². The van der Waals surface area contributed by atoms with E-state index in [0.717, 1.165) is 10.5 Å². The summed E-state index contributed by atoms with van der Waals surface area (Å²) in [6.45, 7) is 2.08. The van der Waals surface area contributed by atoms with Crippen molar-refractivity contribution >= 4 is 69.6 Å². The van der Waals surface area contributed by atoms with Crippen LogP contribution in [0.3, 0.4) is 0 Å². The number of rotatable bonds is 4. The molecular formula is C23H16Cl2N2OS2. The van der Waals surface area contributed by atoms with Gasteiger partial charge in [-0.2, -0.15) is 0 Å². The Hall–Kier alpha value is -2.18. The number of carbonyl (C=O) groups excluding carboxylic acids is 1. The second kappa shape index (κ2) is 9.31. The lowest BCUT2D eigenvalue weighted by molar-refractivity contribution is -0.115. The molecule has 0 atom stereocenters. The van der Waals surface area contributed by atoms with Gasteiger partial charge in [0.05, 0.1) is 20.6 Å². The minimum Gasteiger partial charge on any atom is -0.300 e. The average Bonchev–Trinajstić information content (AvgIpc) is 3.07. The van der Waals surface area contributed by atoms with E-state index in [9.17, 15) is 4.79 Å². The highest BCUT2D eigenvalue weighted by Gasteiger charge is 2.24. The van der Waals surface area contributed by atoms with Crippen molar-refractivity contribution < 1.29 is 4.79 Å². The molecule has 0 spiro atoms. The second-order valence-corrected chi connectivity index (χ2v) is 9.50. The molecule has 0 radical (unpaired) electrons. The molecule has 0 aromatic heterocycles. The Bertz CT molecular complexity index is 1160. The van der Waals surface area contributed by atoms with Crippen LogP contribution in [-0.4, -0.2) is 11.1 Å². The third-order valence-corrected chi connectivity index (χ3v) is 6.97. The minimum atomic E-state index is -0.185. The van der Waals surface area contributed by atoms with Crippen molar-refractivity contribution in [3.63, 3.8) is 0 Å². The van der Waals surface area contributed by atoms with Crippen molar-refractivity contribution in [2.24, 2.45) is 4.99 Å². The molecule has 1 heterocycles. The highest BCUT2D eigenvalue weighted by Crippen LogP contribution is 2.35. The van der Waals surface area contributed by atoms with Crippen molar-refractivity contribution in [1.29, 1.82) is 0 Å². The van der Waals surface area contributed by atoms with Gasteiger partial charge in [0, 0.05) is 9.79 Å². The lowest BCUT2D eigenvalue weighted by Gasteiger charge is -2.03. The van der Waals surface area contributed by atoms with E-state index >= 15 is 0 Å². The first-order chi connectivity index (χ1) is 14.5. The zero-order valence-electron chi connectivity index (χ0n) is 15.9. The van der Waals surface area contributed by atoms with E-state index in [1.54, 1.807) is 30.0 Å². The largest absolute Gasteiger partial charge is 0.300 e. The van der Waals surface area contributed by atoms with Gasteiger partial charge in [-0.15, -0.1) is 0 Å². The Balaban J connectivity index is 1.48. The quantitative estimate of drug-likeness (QED) is 0.405. The highest BCUT2D eigenvalue weighted by molar-refractivity contribution is 8.18. The fourth-order valence-corrected chi connectivity index (χ4v) is 4.68. The first kappa shape index (κ1) is 21.1. The summed E-state index contributed by atoms with van der Waals surface area (Å²) in [5.41, 5.74) is 2.71. The zero-order valence-corrected chi connectivity index (χ0v) is 19.0. The fraction of sp³-hybridized carbons (Fsp3) is 0.0435. The van der Waals surface area contributed by atoms with Gasteiger partial charge in [-0.1, -0.05) is 70.9 Å². The van der Waals surface area contributed by atoms with Gasteiger partial charge in [-0.25, -0.2) is 4.99 Å². The Kier molecular flexibility index (Phi) is 6.54. The van der Waals surface area contributed by atoms with Gasteiger partial charge in [-0.3, -0.25) is 4.79 Å². The van der Waals surface area contributed by atoms with Crippen molar-refractivity contribution in [3.8, 4) is 0 Å². The Morgan fingerprint density at radius 2 is 1.63 bits per heavy atom. The fourth-order valence-electron chi connectivity index (χ4n) is 2.69. The molecule has 0 unspecified atom stereocenters. The average molecular weight is 471 g/mol. The maximum absolute atomic E-state index is 12.3. The summed E-state index contributed by atoms with van der Waals surface area (Å²) >= 11 is 15.2. The number of amides is 1. The third kappa shape index (κ3) is 5.10. The van der Waals surface area contributed by atoms with E-state index in [1.807, 2.05) is 18.2 Å². The summed E-state index contributed by atoms with van der Waals surface area (Å²) in [6, 6.07) is 21.7. The van der Waals surface area contributed by atoms with Crippen molar-refractivity contribution in [1.82, 2.24) is 5.32 Å². The van der Waals surface area contributed by atoms with Crippen LogP contribution in [0.4, 0.5) is 5.69 Å². The van der Waals surface area contributed by atoms with Crippen LogP contribution in [0.25, 0.3) is 6.08 Å². The van der Waals surface area contributed by atoms with Gasteiger partial charge in [-0.05, 0) is 66.7 Å². The molecule has 30 heavy (non-hydrogen) atoms. The van der Waals surface area contributed by atoms with E-state index < -0.39 is 0 Å². The van der Waals surface area contributed by atoms with E-state index in [0.29, 0.717) is 25.8 Å². The Labute approximate surface area is 193 Å². The first-order valence-electron chi connectivity index (χ1n) is 9.06. The number of carbonyl (C=O) groups is 1. The second-order valence-electron chi connectivity index (χ2n) is 6.54. The summed E-state index contributed by atoms with van der Waals surface area (Å²) in [7, 11) is 0. The molecule has 1 amide bonds. The van der Waals surface area contributed by atoms with E-state index in [-0.39, 0.29) is 5.91 Å². The molecule has 3 aromatic carbocycles. The molecule has 0 aliphatic carbocycles. The van der Waals surface area contributed by atoms with Crippen molar-refractivity contribution in [2.75, 3.05) is 0 Å².